The number of hydrogen-bond donors (Lipinski definition) is 3. The van der Waals surface area contributed by atoms with E-state index in [1.807, 2.05) is 13.0 Å². The van der Waals surface area contributed by atoms with Crippen molar-refractivity contribution in [3.8, 4) is 0 Å². The number of morpholine rings is 1. The highest BCUT2D eigenvalue weighted by atomic mass is 16.6. The average molecular weight is 488 g/mol. The highest BCUT2D eigenvalue weighted by molar-refractivity contribution is 5.87. The molecule has 2 aromatic heterocycles. The fraction of sp³-hybridized carbons (Fsp3) is 0.625. The van der Waals surface area contributed by atoms with Crippen LogP contribution in [0.5, 0.6) is 0 Å². The van der Waals surface area contributed by atoms with Crippen molar-refractivity contribution in [3.63, 3.8) is 0 Å². The van der Waals surface area contributed by atoms with Crippen LogP contribution >= 0.6 is 0 Å². The lowest BCUT2D eigenvalue weighted by atomic mass is 9.94. The molecule has 35 heavy (non-hydrogen) atoms. The number of nitrogen functional groups attached to an aromatic ring is 1. The number of amides is 2. The molecule has 11 nitrogen and oxygen atoms in total. The predicted molar refractivity (Wildman–Crippen MR) is 134 cm³/mol. The van der Waals surface area contributed by atoms with Crippen molar-refractivity contribution < 1.29 is 19.1 Å². The molecule has 1 aliphatic heterocycles. The van der Waals surface area contributed by atoms with Crippen LogP contribution in [0.4, 0.5) is 16.6 Å². The third-order valence-corrected chi connectivity index (χ3v) is 5.69. The number of fused-ring (bicyclic) bond motifs is 1. The van der Waals surface area contributed by atoms with Gasteiger partial charge in [-0.3, -0.25) is 14.7 Å². The molecular weight excluding hydrogens is 450 g/mol. The monoisotopic (exact) mass is 487 g/mol. The van der Waals surface area contributed by atoms with E-state index in [-0.39, 0.29) is 25.0 Å². The SMILES string of the molecule is CCCCC(C)(CNC(=O)[C@@H]1COCCN1C(=O)OC(C)(C)C)Nc1nc(N)nc2cccnc12. The number of nitrogens with zero attached hydrogens (tertiary/aromatic N) is 4. The minimum absolute atomic E-state index is 0.112. The van der Waals surface area contributed by atoms with Crippen LogP contribution in [-0.4, -0.2) is 75.3 Å². The molecule has 0 aromatic carbocycles. The lowest BCUT2D eigenvalue weighted by molar-refractivity contribution is -0.132. The summed E-state index contributed by atoms with van der Waals surface area (Å²) in [5.74, 6) is 0.352. The Bertz CT molecular complexity index is 1040. The summed E-state index contributed by atoms with van der Waals surface area (Å²) in [5.41, 5.74) is 5.96. The van der Waals surface area contributed by atoms with Crippen molar-refractivity contribution >= 4 is 34.8 Å². The number of rotatable bonds is 8. The van der Waals surface area contributed by atoms with E-state index in [9.17, 15) is 9.59 Å². The maximum absolute atomic E-state index is 13.2. The summed E-state index contributed by atoms with van der Waals surface area (Å²) in [5, 5.41) is 6.46. The molecule has 0 saturated carbocycles. The molecule has 1 saturated heterocycles. The summed E-state index contributed by atoms with van der Waals surface area (Å²) in [4.78, 5) is 40.3. The highest BCUT2D eigenvalue weighted by Crippen LogP contribution is 2.25. The Balaban J connectivity index is 1.76. The Morgan fingerprint density at radius 3 is 2.77 bits per heavy atom. The van der Waals surface area contributed by atoms with Crippen molar-refractivity contribution in [3.05, 3.63) is 18.3 Å². The van der Waals surface area contributed by atoms with Gasteiger partial charge in [0.1, 0.15) is 17.2 Å². The number of unbranched alkanes of at least 4 members (excludes halogenated alkanes) is 1. The summed E-state index contributed by atoms with van der Waals surface area (Å²) >= 11 is 0. The maximum atomic E-state index is 13.2. The second kappa shape index (κ2) is 11.0. The van der Waals surface area contributed by atoms with Crippen LogP contribution in [0, 0.1) is 0 Å². The number of anilines is 2. The fourth-order valence-electron chi connectivity index (χ4n) is 3.88. The molecule has 2 aromatic rings. The van der Waals surface area contributed by atoms with E-state index in [0.717, 1.165) is 19.3 Å². The molecular formula is C24H37N7O4. The maximum Gasteiger partial charge on any atom is 0.411 e. The molecule has 2 atom stereocenters. The molecule has 1 unspecified atom stereocenters. The van der Waals surface area contributed by atoms with Crippen LogP contribution in [0.1, 0.15) is 53.9 Å². The Kier molecular flexibility index (Phi) is 8.31. The second-order valence-electron chi connectivity index (χ2n) is 10.1. The number of hydrogen-bond acceptors (Lipinski definition) is 9. The zero-order valence-corrected chi connectivity index (χ0v) is 21.3. The van der Waals surface area contributed by atoms with Gasteiger partial charge in [-0.25, -0.2) is 9.78 Å². The molecule has 0 spiro atoms. The molecule has 11 heteroatoms. The first-order valence-electron chi connectivity index (χ1n) is 12.0. The molecule has 0 bridgehead atoms. The Morgan fingerprint density at radius 1 is 1.29 bits per heavy atom. The lowest BCUT2D eigenvalue weighted by Crippen LogP contribution is -2.58. The van der Waals surface area contributed by atoms with Crippen LogP contribution < -0.4 is 16.4 Å². The van der Waals surface area contributed by atoms with Gasteiger partial charge >= 0.3 is 6.09 Å². The van der Waals surface area contributed by atoms with Crippen LogP contribution in [0.2, 0.25) is 0 Å². The zero-order valence-electron chi connectivity index (χ0n) is 21.3. The van der Waals surface area contributed by atoms with Crippen LogP contribution in [0.3, 0.4) is 0 Å². The van der Waals surface area contributed by atoms with Gasteiger partial charge < -0.3 is 25.8 Å². The number of aromatic nitrogens is 3. The molecule has 3 heterocycles. The quantitative estimate of drug-likeness (QED) is 0.512. The number of carbonyl (C=O) groups excluding carboxylic acids is 2. The van der Waals surface area contributed by atoms with Gasteiger partial charge in [-0.1, -0.05) is 19.8 Å². The van der Waals surface area contributed by atoms with E-state index >= 15 is 0 Å². The molecule has 0 radical (unpaired) electrons. The highest BCUT2D eigenvalue weighted by Gasteiger charge is 2.36. The van der Waals surface area contributed by atoms with Crippen molar-refractivity contribution in [2.75, 3.05) is 37.4 Å². The van der Waals surface area contributed by atoms with Gasteiger partial charge in [-0.05, 0) is 46.2 Å². The minimum atomic E-state index is -0.772. The van der Waals surface area contributed by atoms with E-state index in [2.05, 4.69) is 32.5 Å². The van der Waals surface area contributed by atoms with Crippen molar-refractivity contribution in [1.82, 2.24) is 25.2 Å². The van der Waals surface area contributed by atoms with E-state index in [1.54, 1.807) is 33.0 Å². The standard InChI is InChI=1S/C24H37N7O4/c1-6-7-10-24(5,30-19-18-16(9-8-11-26-18)28-21(25)29-19)15-27-20(32)17-14-34-13-12-31(17)22(33)35-23(2,3)4/h8-9,11,17H,6-7,10,12-15H2,1-5H3,(H,27,32)(H3,25,28,29,30)/t17-,24?/m0/s1. The lowest BCUT2D eigenvalue weighted by Gasteiger charge is -2.37. The smallest absolute Gasteiger partial charge is 0.411 e. The first kappa shape index (κ1) is 26.4. The fourth-order valence-corrected chi connectivity index (χ4v) is 3.88. The van der Waals surface area contributed by atoms with Crippen molar-refractivity contribution in [2.24, 2.45) is 0 Å². The van der Waals surface area contributed by atoms with Gasteiger partial charge in [0, 0.05) is 19.3 Å². The molecule has 4 N–H and O–H groups in total. The number of nitrogens with two attached hydrogens (primary N) is 1. The van der Waals surface area contributed by atoms with Gasteiger partial charge in [0.15, 0.2) is 5.82 Å². The number of ether oxygens (including phenoxy) is 2. The van der Waals surface area contributed by atoms with E-state index < -0.39 is 23.3 Å². The van der Waals surface area contributed by atoms with E-state index in [4.69, 9.17) is 15.2 Å². The first-order chi connectivity index (χ1) is 16.5. The number of nitrogens with one attached hydrogen (secondary N) is 2. The normalized spacial score (nSPS) is 18.1. The third-order valence-electron chi connectivity index (χ3n) is 5.69. The van der Waals surface area contributed by atoms with Crippen LogP contribution in [-0.2, 0) is 14.3 Å². The predicted octanol–water partition coefficient (Wildman–Crippen LogP) is 2.72. The van der Waals surface area contributed by atoms with Crippen LogP contribution in [0.25, 0.3) is 11.0 Å². The Morgan fingerprint density at radius 2 is 2.06 bits per heavy atom. The zero-order chi connectivity index (χ0) is 25.6. The summed E-state index contributed by atoms with van der Waals surface area (Å²) < 4.78 is 11.0. The van der Waals surface area contributed by atoms with Crippen LogP contribution in [0.15, 0.2) is 18.3 Å². The Hall–Kier alpha value is -3.21. The second-order valence-corrected chi connectivity index (χ2v) is 10.1. The van der Waals surface area contributed by atoms with Gasteiger partial charge in [0.25, 0.3) is 0 Å². The molecule has 0 aliphatic carbocycles. The molecule has 192 valence electrons. The minimum Gasteiger partial charge on any atom is -0.444 e. The summed E-state index contributed by atoms with van der Waals surface area (Å²) in [6.45, 7) is 10.6. The number of pyridine rings is 1. The molecule has 2 amide bonds. The summed E-state index contributed by atoms with van der Waals surface area (Å²) in [6, 6.07) is 2.84. The molecule has 1 fully saturated rings. The van der Waals surface area contributed by atoms with Crippen molar-refractivity contribution in [1.29, 1.82) is 0 Å². The van der Waals surface area contributed by atoms with Gasteiger partial charge in [0.2, 0.25) is 11.9 Å². The van der Waals surface area contributed by atoms with E-state index in [1.165, 1.54) is 4.90 Å². The van der Waals surface area contributed by atoms with E-state index in [0.29, 0.717) is 30.0 Å². The van der Waals surface area contributed by atoms with Gasteiger partial charge in [0.05, 0.1) is 24.3 Å². The molecule has 3 rings (SSSR count). The largest absolute Gasteiger partial charge is 0.444 e. The summed E-state index contributed by atoms with van der Waals surface area (Å²) in [6.07, 6.45) is 3.83. The van der Waals surface area contributed by atoms with Crippen molar-refractivity contribution in [2.45, 2.75) is 71.1 Å². The third kappa shape index (κ3) is 7.14. The van der Waals surface area contributed by atoms with Gasteiger partial charge in [-0.15, -0.1) is 0 Å². The number of carbonyl (C=O) groups is 2. The Labute approximate surface area is 206 Å². The van der Waals surface area contributed by atoms with Gasteiger partial charge in [-0.2, -0.15) is 4.98 Å². The first-order valence-corrected chi connectivity index (χ1v) is 12.0. The molecule has 1 aliphatic rings. The topological polar surface area (TPSA) is 145 Å². The summed E-state index contributed by atoms with van der Waals surface area (Å²) in [7, 11) is 0. The average Bonchev–Trinajstić information content (AvgIpc) is 2.80.